The Morgan fingerprint density at radius 3 is 2.52 bits per heavy atom. The lowest BCUT2D eigenvalue weighted by molar-refractivity contribution is -0.147. The zero-order chi connectivity index (χ0) is 22.6. The fraction of sp³-hybridized carbons (Fsp3) is 0.238. The molecule has 0 bridgehead atoms. The third-order valence-corrected chi connectivity index (χ3v) is 4.54. The van der Waals surface area contributed by atoms with Crippen molar-refractivity contribution in [3.63, 3.8) is 0 Å². The van der Waals surface area contributed by atoms with Gasteiger partial charge in [0.1, 0.15) is 5.82 Å². The van der Waals surface area contributed by atoms with Crippen molar-refractivity contribution in [2.75, 3.05) is 11.9 Å². The van der Waals surface area contributed by atoms with Crippen molar-refractivity contribution in [1.29, 1.82) is 0 Å². The Bertz CT molecular complexity index is 1190. The maximum Gasteiger partial charge on any atom is 0.418 e. The molecule has 0 radical (unpaired) electrons. The van der Waals surface area contributed by atoms with E-state index in [9.17, 15) is 27.6 Å². The Hall–Kier alpha value is -3.69. The summed E-state index contributed by atoms with van der Waals surface area (Å²) in [7, 11) is 1.71. The number of para-hydroxylation sites is 2. The number of alkyl halides is 3. The van der Waals surface area contributed by atoms with Crippen molar-refractivity contribution in [1.82, 2.24) is 9.55 Å². The minimum Gasteiger partial charge on any atom is -0.456 e. The van der Waals surface area contributed by atoms with Gasteiger partial charge < -0.3 is 14.6 Å². The molecule has 7 nitrogen and oxygen atoms in total. The van der Waals surface area contributed by atoms with Crippen molar-refractivity contribution in [3.8, 4) is 0 Å². The summed E-state index contributed by atoms with van der Waals surface area (Å²) in [6.07, 6.45) is -4.71. The number of aromatic nitrogens is 2. The molecule has 3 rings (SSSR count). The quantitative estimate of drug-likeness (QED) is 0.604. The van der Waals surface area contributed by atoms with Crippen LogP contribution in [0, 0.1) is 0 Å². The molecular weight excluding hydrogens is 415 g/mol. The monoisotopic (exact) mass is 433 g/mol. The van der Waals surface area contributed by atoms with E-state index in [1.165, 1.54) is 12.1 Å². The molecule has 1 amide bonds. The van der Waals surface area contributed by atoms with Gasteiger partial charge >= 0.3 is 12.1 Å². The van der Waals surface area contributed by atoms with Gasteiger partial charge in [0, 0.05) is 13.5 Å². The largest absolute Gasteiger partial charge is 0.456 e. The van der Waals surface area contributed by atoms with Crippen LogP contribution in [0.25, 0.3) is 10.9 Å². The van der Waals surface area contributed by atoms with E-state index >= 15 is 0 Å². The summed E-state index contributed by atoms with van der Waals surface area (Å²) in [6.45, 7) is -0.741. The number of esters is 1. The van der Waals surface area contributed by atoms with Gasteiger partial charge in [0.15, 0.2) is 6.61 Å². The van der Waals surface area contributed by atoms with Crippen molar-refractivity contribution < 1.29 is 27.5 Å². The molecular formula is C21H18F3N3O4. The average molecular weight is 433 g/mol. The molecule has 3 aromatic rings. The third kappa shape index (κ3) is 5.27. The van der Waals surface area contributed by atoms with Gasteiger partial charge in [0.25, 0.3) is 11.5 Å². The Morgan fingerprint density at radius 1 is 1.10 bits per heavy atom. The highest BCUT2D eigenvalue weighted by Gasteiger charge is 2.33. The fourth-order valence-corrected chi connectivity index (χ4v) is 3.02. The lowest BCUT2D eigenvalue weighted by Crippen LogP contribution is -2.23. The molecule has 0 fully saturated rings. The van der Waals surface area contributed by atoms with Gasteiger partial charge in [0.05, 0.1) is 28.6 Å². The first-order chi connectivity index (χ1) is 14.7. The summed E-state index contributed by atoms with van der Waals surface area (Å²) in [5.74, 6) is -1.29. The molecule has 0 spiro atoms. The van der Waals surface area contributed by atoms with Crippen molar-refractivity contribution in [2.45, 2.75) is 19.0 Å². The van der Waals surface area contributed by atoms with Gasteiger partial charge in [0.2, 0.25) is 0 Å². The predicted molar refractivity (Wildman–Crippen MR) is 106 cm³/mol. The Morgan fingerprint density at radius 2 is 1.77 bits per heavy atom. The van der Waals surface area contributed by atoms with Gasteiger partial charge in [-0.25, -0.2) is 0 Å². The third-order valence-electron chi connectivity index (χ3n) is 4.54. The van der Waals surface area contributed by atoms with Gasteiger partial charge in [-0.3, -0.25) is 14.4 Å². The second-order valence-electron chi connectivity index (χ2n) is 6.66. The molecule has 0 saturated carbocycles. The topological polar surface area (TPSA) is 90.3 Å². The van der Waals surface area contributed by atoms with Crippen molar-refractivity contribution in [3.05, 3.63) is 70.3 Å². The molecule has 0 saturated heterocycles. The fourth-order valence-electron chi connectivity index (χ4n) is 3.02. The SMILES string of the molecule is Cn1c(CCC(=O)OCC(=O)Nc2ccccc2C(F)(F)F)nc(=O)c2ccccc21. The molecule has 1 N–H and O–H groups in total. The highest BCUT2D eigenvalue weighted by atomic mass is 19.4. The van der Waals surface area contributed by atoms with Crippen LogP contribution in [0.3, 0.4) is 0 Å². The summed E-state index contributed by atoms with van der Waals surface area (Å²) in [5.41, 5.74) is -1.18. The number of carbonyl (C=O) groups excluding carboxylic acids is 2. The summed E-state index contributed by atoms with van der Waals surface area (Å²) in [5, 5.41) is 2.54. The smallest absolute Gasteiger partial charge is 0.418 e. The van der Waals surface area contributed by atoms with E-state index in [0.29, 0.717) is 16.7 Å². The zero-order valence-corrected chi connectivity index (χ0v) is 16.4. The Balaban J connectivity index is 1.57. The van der Waals surface area contributed by atoms with Gasteiger partial charge in [-0.15, -0.1) is 0 Å². The van der Waals surface area contributed by atoms with E-state index in [4.69, 9.17) is 4.74 Å². The molecule has 0 unspecified atom stereocenters. The maximum atomic E-state index is 13.0. The number of fused-ring (bicyclic) bond motifs is 1. The van der Waals surface area contributed by atoms with E-state index in [1.807, 2.05) is 0 Å². The summed E-state index contributed by atoms with van der Waals surface area (Å²) in [4.78, 5) is 39.9. The molecule has 31 heavy (non-hydrogen) atoms. The molecule has 0 aliphatic heterocycles. The molecule has 2 aromatic carbocycles. The summed E-state index contributed by atoms with van der Waals surface area (Å²) in [6, 6.07) is 11.4. The maximum absolute atomic E-state index is 13.0. The van der Waals surface area contributed by atoms with Crippen LogP contribution in [0.2, 0.25) is 0 Å². The van der Waals surface area contributed by atoms with Gasteiger partial charge in [-0.05, 0) is 24.3 Å². The van der Waals surface area contributed by atoms with Crippen LogP contribution in [0.5, 0.6) is 0 Å². The number of halogens is 3. The molecule has 0 aliphatic carbocycles. The highest BCUT2D eigenvalue weighted by molar-refractivity contribution is 5.93. The van der Waals surface area contributed by atoms with Crippen molar-refractivity contribution in [2.24, 2.45) is 7.05 Å². The van der Waals surface area contributed by atoms with Crippen molar-refractivity contribution >= 4 is 28.5 Å². The number of hydrogen-bond acceptors (Lipinski definition) is 5. The molecule has 1 heterocycles. The predicted octanol–water partition coefficient (Wildman–Crippen LogP) is 3.07. The van der Waals surface area contributed by atoms with E-state index in [-0.39, 0.29) is 12.8 Å². The van der Waals surface area contributed by atoms with Crippen LogP contribution < -0.4 is 10.9 Å². The second-order valence-corrected chi connectivity index (χ2v) is 6.66. The number of nitrogens with one attached hydrogen (secondary N) is 1. The van der Waals surface area contributed by atoms with E-state index in [1.54, 1.807) is 35.9 Å². The van der Waals surface area contributed by atoms with E-state index in [2.05, 4.69) is 10.3 Å². The molecule has 162 valence electrons. The summed E-state index contributed by atoms with van der Waals surface area (Å²) >= 11 is 0. The van der Waals surface area contributed by atoms with Gasteiger partial charge in [-0.1, -0.05) is 24.3 Å². The number of nitrogens with zero attached hydrogens (tertiary/aromatic N) is 2. The minimum absolute atomic E-state index is 0.0912. The first kappa shape index (κ1) is 22.0. The van der Waals surface area contributed by atoms with Crippen LogP contribution >= 0.6 is 0 Å². The van der Waals surface area contributed by atoms with E-state index < -0.39 is 41.5 Å². The summed E-state index contributed by atoms with van der Waals surface area (Å²) < 4.78 is 45.4. The Kier molecular flexibility index (Phi) is 6.38. The second kappa shape index (κ2) is 8.99. The first-order valence-corrected chi connectivity index (χ1v) is 9.23. The normalized spacial score (nSPS) is 11.4. The number of amides is 1. The van der Waals surface area contributed by atoms with Crippen LogP contribution in [0.4, 0.5) is 18.9 Å². The number of aryl methyl sites for hydroxylation is 2. The van der Waals surface area contributed by atoms with Crippen LogP contribution in [0.1, 0.15) is 17.8 Å². The molecule has 10 heteroatoms. The lowest BCUT2D eigenvalue weighted by atomic mass is 10.1. The first-order valence-electron chi connectivity index (χ1n) is 9.23. The number of anilines is 1. The number of hydrogen-bond donors (Lipinski definition) is 1. The molecule has 0 atom stereocenters. The number of benzene rings is 2. The van der Waals surface area contributed by atoms with Crippen LogP contribution in [-0.4, -0.2) is 28.0 Å². The number of carbonyl (C=O) groups is 2. The Labute approximate surface area is 174 Å². The van der Waals surface area contributed by atoms with E-state index in [0.717, 1.165) is 12.1 Å². The van der Waals surface area contributed by atoms with Gasteiger partial charge in [-0.2, -0.15) is 18.2 Å². The van der Waals surface area contributed by atoms with Crippen LogP contribution in [-0.2, 0) is 34.0 Å². The minimum atomic E-state index is -4.64. The lowest BCUT2D eigenvalue weighted by Gasteiger charge is -2.13. The molecule has 1 aromatic heterocycles. The standard InChI is InChI=1S/C21H18F3N3O4/c1-27-16-9-5-2-6-13(16)20(30)26-17(27)10-11-19(29)31-12-18(28)25-15-8-4-3-7-14(15)21(22,23)24/h2-9H,10-12H2,1H3,(H,25,28). The number of ether oxygens (including phenoxy) is 1. The molecule has 0 aliphatic rings. The highest BCUT2D eigenvalue weighted by Crippen LogP contribution is 2.34. The van der Waals surface area contributed by atoms with Crippen LogP contribution in [0.15, 0.2) is 53.3 Å². The zero-order valence-electron chi connectivity index (χ0n) is 16.4. The number of rotatable bonds is 6. The average Bonchev–Trinajstić information content (AvgIpc) is 2.73.